The number of fused-ring (bicyclic) bond motifs is 1. The number of aromatic nitrogens is 2. The van der Waals surface area contributed by atoms with E-state index in [9.17, 15) is 0 Å². The molecule has 0 radical (unpaired) electrons. The molecule has 2 heterocycles. The fourth-order valence-electron chi connectivity index (χ4n) is 1.96. The first-order valence-electron chi connectivity index (χ1n) is 6.02. The van der Waals surface area contributed by atoms with Crippen LogP contribution in [-0.2, 0) is 6.54 Å². The maximum atomic E-state index is 5.81. The van der Waals surface area contributed by atoms with E-state index in [0.29, 0.717) is 0 Å². The summed E-state index contributed by atoms with van der Waals surface area (Å²) >= 11 is 0. The van der Waals surface area contributed by atoms with E-state index in [1.54, 1.807) is 6.33 Å². The smallest absolute Gasteiger partial charge is 0.134 e. The van der Waals surface area contributed by atoms with E-state index < -0.39 is 0 Å². The Labute approximate surface area is 105 Å². The molecule has 0 aliphatic carbocycles. The van der Waals surface area contributed by atoms with Gasteiger partial charge in [0.1, 0.15) is 11.3 Å². The van der Waals surface area contributed by atoms with Crippen LogP contribution in [0.4, 0.5) is 0 Å². The molecule has 2 N–H and O–H groups in total. The lowest BCUT2D eigenvalue weighted by molar-refractivity contribution is 0.449. The highest BCUT2D eigenvalue weighted by Crippen LogP contribution is 2.23. The van der Waals surface area contributed by atoms with E-state index in [2.05, 4.69) is 34.3 Å². The molecule has 3 rings (SSSR count). The second kappa shape index (κ2) is 4.66. The minimum atomic E-state index is 0.167. The molecule has 0 aliphatic heterocycles. The van der Waals surface area contributed by atoms with E-state index in [0.717, 1.165) is 29.0 Å². The van der Waals surface area contributed by atoms with Crippen LogP contribution in [0, 0.1) is 0 Å². The predicted molar refractivity (Wildman–Crippen MR) is 70.1 cm³/mol. The van der Waals surface area contributed by atoms with Gasteiger partial charge in [0.25, 0.3) is 0 Å². The molecular formula is C14H15N3O. The first kappa shape index (κ1) is 11.0. The number of imidazole rings is 1. The molecule has 0 saturated heterocycles. The number of hydrogen-bond donors (Lipinski definition) is 2. The number of rotatable bonds is 4. The summed E-state index contributed by atoms with van der Waals surface area (Å²) in [6, 6.07) is 10.3. The Kier molecular flexibility index (Phi) is 2.86. The lowest BCUT2D eigenvalue weighted by atomic mass is 10.2. The van der Waals surface area contributed by atoms with Crippen molar-refractivity contribution in [1.82, 2.24) is 15.3 Å². The fraction of sp³-hybridized carbons (Fsp3) is 0.214. The summed E-state index contributed by atoms with van der Waals surface area (Å²) in [7, 11) is 0. The Balaban J connectivity index is 1.73. The van der Waals surface area contributed by atoms with Crippen LogP contribution in [0.5, 0.6) is 0 Å². The Bertz CT molecular complexity index is 594. The third-order valence-electron chi connectivity index (χ3n) is 3.02. The zero-order chi connectivity index (χ0) is 12.4. The molecule has 0 fully saturated rings. The number of aromatic amines is 1. The SMILES string of the molecule is CC(NCc1cnc[nH]1)c1cc2ccccc2o1. The minimum Gasteiger partial charge on any atom is -0.459 e. The van der Waals surface area contributed by atoms with Crippen molar-refractivity contribution >= 4 is 11.0 Å². The second-order valence-electron chi connectivity index (χ2n) is 4.37. The standard InChI is InChI=1S/C14H15N3O/c1-10(16-8-12-7-15-9-17-12)14-6-11-4-2-3-5-13(11)18-14/h2-7,9-10,16H,8H2,1H3,(H,15,17). The van der Waals surface area contributed by atoms with Gasteiger partial charge in [0.05, 0.1) is 12.4 Å². The number of hydrogen-bond acceptors (Lipinski definition) is 3. The Morgan fingerprint density at radius 1 is 1.39 bits per heavy atom. The highest BCUT2D eigenvalue weighted by molar-refractivity contribution is 5.77. The minimum absolute atomic E-state index is 0.167. The van der Waals surface area contributed by atoms with Gasteiger partial charge in [-0.2, -0.15) is 0 Å². The summed E-state index contributed by atoms with van der Waals surface area (Å²) in [6.07, 6.45) is 3.50. The van der Waals surface area contributed by atoms with Crippen molar-refractivity contribution in [1.29, 1.82) is 0 Å². The maximum absolute atomic E-state index is 5.81. The van der Waals surface area contributed by atoms with Crippen molar-refractivity contribution in [3.05, 3.63) is 54.3 Å². The van der Waals surface area contributed by atoms with Gasteiger partial charge in [0, 0.05) is 23.8 Å². The van der Waals surface area contributed by atoms with Gasteiger partial charge in [-0.25, -0.2) is 4.98 Å². The molecule has 92 valence electrons. The zero-order valence-corrected chi connectivity index (χ0v) is 10.2. The van der Waals surface area contributed by atoms with Crippen LogP contribution in [0.15, 0.2) is 47.3 Å². The van der Waals surface area contributed by atoms with Gasteiger partial charge in [0.2, 0.25) is 0 Å². The molecule has 0 aliphatic rings. The topological polar surface area (TPSA) is 53.9 Å². The van der Waals surface area contributed by atoms with Gasteiger partial charge >= 0.3 is 0 Å². The van der Waals surface area contributed by atoms with E-state index in [1.165, 1.54) is 0 Å². The summed E-state index contributed by atoms with van der Waals surface area (Å²) in [6.45, 7) is 2.84. The van der Waals surface area contributed by atoms with Crippen molar-refractivity contribution in [3.63, 3.8) is 0 Å². The summed E-state index contributed by atoms with van der Waals surface area (Å²) in [4.78, 5) is 7.05. The van der Waals surface area contributed by atoms with Crippen molar-refractivity contribution in [2.45, 2.75) is 19.5 Å². The van der Waals surface area contributed by atoms with Crippen LogP contribution in [0.2, 0.25) is 0 Å². The third kappa shape index (κ3) is 2.15. The van der Waals surface area contributed by atoms with Crippen LogP contribution in [0.25, 0.3) is 11.0 Å². The number of para-hydroxylation sites is 1. The quantitative estimate of drug-likeness (QED) is 0.738. The van der Waals surface area contributed by atoms with Crippen LogP contribution in [-0.4, -0.2) is 9.97 Å². The molecule has 2 aromatic heterocycles. The summed E-state index contributed by atoms with van der Waals surface area (Å²) < 4.78 is 5.81. The van der Waals surface area contributed by atoms with Gasteiger partial charge in [0.15, 0.2) is 0 Å². The van der Waals surface area contributed by atoms with E-state index in [-0.39, 0.29) is 6.04 Å². The average molecular weight is 241 g/mol. The van der Waals surface area contributed by atoms with Crippen molar-refractivity contribution in [2.75, 3.05) is 0 Å². The van der Waals surface area contributed by atoms with Gasteiger partial charge in [-0.3, -0.25) is 0 Å². The average Bonchev–Trinajstić information content (AvgIpc) is 3.04. The molecule has 1 atom stereocenters. The van der Waals surface area contributed by atoms with Crippen LogP contribution in [0.1, 0.15) is 24.4 Å². The van der Waals surface area contributed by atoms with Crippen LogP contribution in [0.3, 0.4) is 0 Å². The molecule has 1 aromatic carbocycles. The van der Waals surface area contributed by atoms with Crippen molar-refractivity contribution in [2.24, 2.45) is 0 Å². The zero-order valence-electron chi connectivity index (χ0n) is 10.2. The largest absolute Gasteiger partial charge is 0.459 e. The highest BCUT2D eigenvalue weighted by Gasteiger charge is 2.10. The summed E-state index contributed by atoms with van der Waals surface area (Å²) in [5, 5.41) is 4.54. The van der Waals surface area contributed by atoms with E-state index >= 15 is 0 Å². The summed E-state index contributed by atoms with van der Waals surface area (Å²) in [5.41, 5.74) is 2.00. The van der Waals surface area contributed by atoms with E-state index in [1.807, 2.05) is 24.4 Å². The summed E-state index contributed by atoms with van der Waals surface area (Å²) in [5.74, 6) is 0.954. The molecule has 4 nitrogen and oxygen atoms in total. The second-order valence-corrected chi connectivity index (χ2v) is 4.37. The van der Waals surface area contributed by atoms with Crippen molar-refractivity contribution in [3.8, 4) is 0 Å². The van der Waals surface area contributed by atoms with Gasteiger partial charge < -0.3 is 14.7 Å². The molecule has 0 spiro atoms. The predicted octanol–water partition coefficient (Wildman–Crippen LogP) is 3.01. The number of H-pyrrole nitrogens is 1. The molecule has 0 bridgehead atoms. The lowest BCUT2D eigenvalue weighted by Crippen LogP contribution is -2.17. The number of nitrogens with one attached hydrogen (secondary N) is 2. The molecule has 18 heavy (non-hydrogen) atoms. The first-order valence-corrected chi connectivity index (χ1v) is 6.02. The number of benzene rings is 1. The van der Waals surface area contributed by atoms with E-state index in [4.69, 9.17) is 4.42 Å². The molecule has 4 heteroatoms. The Morgan fingerprint density at radius 2 is 2.28 bits per heavy atom. The normalized spacial score (nSPS) is 12.9. The number of furan rings is 1. The molecule has 0 amide bonds. The van der Waals surface area contributed by atoms with Crippen LogP contribution < -0.4 is 5.32 Å². The van der Waals surface area contributed by atoms with Gasteiger partial charge in [-0.1, -0.05) is 18.2 Å². The molecule has 3 aromatic rings. The Morgan fingerprint density at radius 3 is 3.06 bits per heavy atom. The molecule has 0 saturated carbocycles. The number of nitrogens with zero attached hydrogens (tertiary/aromatic N) is 1. The monoisotopic (exact) mass is 241 g/mol. The highest BCUT2D eigenvalue weighted by atomic mass is 16.3. The Hall–Kier alpha value is -2.07. The third-order valence-corrected chi connectivity index (χ3v) is 3.02. The van der Waals surface area contributed by atoms with Gasteiger partial charge in [-0.05, 0) is 19.1 Å². The first-order chi connectivity index (χ1) is 8.83. The van der Waals surface area contributed by atoms with Gasteiger partial charge in [-0.15, -0.1) is 0 Å². The molecule has 1 unspecified atom stereocenters. The lowest BCUT2D eigenvalue weighted by Gasteiger charge is -2.09. The van der Waals surface area contributed by atoms with Crippen LogP contribution >= 0.6 is 0 Å². The maximum Gasteiger partial charge on any atom is 0.134 e. The molecular weight excluding hydrogens is 226 g/mol. The fourth-order valence-corrected chi connectivity index (χ4v) is 1.96. The van der Waals surface area contributed by atoms with Crippen molar-refractivity contribution < 1.29 is 4.42 Å².